The van der Waals surface area contributed by atoms with Crippen molar-refractivity contribution in [2.75, 3.05) is 12.4 Å². The van der Waals surface area contributed by atoms with Crippen LogP contribution in [0.4, 0.5) is 10.5 Å². The molecule has 1 amide bonds. The van der Waals surface area contributed by atoms with Gasteiger partial charge in [0.05, 0.1) is 17.7 Å². The van der Waals surface area contributed by atoms with Crippen molar-refractivity contribution in [3.05, 3.63) is 36.9 Å². The highest BCUT2D eigenvalue weighted by Crippen LogP contribution is 2.27. The molecule has 0 aliphatic heterocycles. The van der Waals surface area contributed by atoms with Crippen LogP contribution in [0, 0.1) is 0 Å². The van der Waals surface area contributed by atoms with Gasteiger partial charge in [0, 0.05) is 12.4 Å². The zero-order chi connectivity index (χ0) is 14.8. The number of methoxy groups -OCH3 is 1. The monoisotopic (exact) mass is 296 g/mol. The summed E-state index contributed by atoms with van der Waals surface area (Å²) in [5.74, 6) is 0.311. The van der Waals surface area contributed by atoms with Crippen LogP contribution in [0.5, 0.6) is 5.75 Å². The fourth-order valence-corrected chi connectivity index (χ4v) is 2.06. The molecule has 1 heterocycles. The standard InChI is InChI=1S/C11H12N4O4S/c1-19-10-3-2-8(20(12,17)18)6-9(10)14-11(16)15-5-4-13-7-15/h2-7H,1H3,(H,14,16)(H2,12,17,18). The van der Waals surface area contributed by atoms with E-state index >= 15 is 0 Å². The van der Waals surface area contributed by atoms with E-state index in [1.165, 1.54) is 48.6 Å². The Morgan fingerprint density at radius 1 is 1.45 bits per heavy atom. The maximum Gasteiger partial charge on any atom is 0.331 e. The van der Waals surface area contributed by atoms with E-state index in [9.17, 15) is 13.2 Å². The third kappa shape index (κ3) is 2.95. The second-order valence-electron chi connectivity index (χ2n) is 3.81. The van der Waals surface area contributed by atoms with Gasteiger partial charge in [0.1, 0.15) is 12.1 Å². The Labute approximate surface area is 115 Å². The van der Waals surface area contributed by atoms with E-state index in [-0.39, 0.29) is 10.6 Å². The number of rotatable bonds is 3. The van der Waals surface area contributed by atoms with Crippen LogP contribution < -0.4 is 15.2 Å². The summed E-state index contributed by atoms with van der Waals surface area (Å²) in [5.41, 5.74) is 0.192. The molecule has 0 fully saturated rings. The number of sulfonamides is 1. The molecule has 3 N–H and O–H groups in total. The lowest BCUT2D eigenvalue weighted by molar-refractivity contribution is 0.253. The van der Waals surface area contributed by atoms with Gasteiger partial charge in [0.15, 0.2) is 0 Å². The average molecular weight is 296 g/mol. The van der Waals surface area contributed by atoms with E-state index in [2.05, 4.69) is 10.3 Å². The summed E-state index contributed by atoms with van der Waals surface area (Å²) in [4.78, 5) is 15.5. The molecule has 2 rings (SSSR count). The van der Waals surface area contributed by atoms with Gasteiger partial charge in [0.2, 0.25) is 10.0 Å². The largest absolute Gasteiger partial charge is 0.495 e. The molecular weight excluding hydrogens is 284 g/mol. The minimum Gasteiger partial charge on any atom is -0.495 e. The van der Waals surface area contributed by atoms with Crippen LogP contribution in [0.25, 0.3) is 0 Å². The average Bonchev–Trinajstić information content (AvgIpc) is 2.91. The van der Waals surface area contributed by atoms with Gasteiger partial charge in [-0.2, -0.15) is 0 Å². The summed E-state index contributed by atoms with van der Waals surface area (Å²) in [6.45, 7) is 0. The molecule has 0 radical (unpaired) electrons. The lowest BCUT2D eigenvalue weighted by atomic mass is 10.3. The van der Waals surface area contributed by atoms with Crippen molar-refractivity contribution in [1.29, 1.82) is 0 Å². The quantitative estimate of drug-likeness (QED) is 0.861. The number of hydrogen-bond donors (Lipinski definition) is 2. The number of hydrogen-bond acceptors (Lipinski definition) is 5. The molecule has 0 aliphatic carbocycles. The first-order valence-corrected chi connectivity index (χ1v) is 6.96. The van der Waals surface area contributed by atoms with Gasteiger partial charge in [-0.3, -0.25) is 4.57 Å². The molecule has 0 aliphatic rings. The number of nitrogens with two attached hydrogens (primary N) is 1. The molecule has 1 aromatic carbocycles. The summed E-state index contributed by atoms with van der Waals surface area (Å²) in [6.07, 6.45) is 4.20. The van der Waals surface area contributed by atoms with E-state index in [4.69, 9.17) is 9.88 Å². The number of primary sulfonamides is 1. The van der Waals surface area contributed by atoms with Crippen LogP contribution in [0.1, 0.15) is 0 Å². The molecule has 106 valence electrons. The fraction of sp³-hybridized carbons (Fsp3) is 0.0909. The molecule has 1 aromatic heterocycles. The van der Waals surface area contributed by atoms with E-state index in [0.29, 0.717) is 5.75 Å². The Bertz CT molecular complexity index is 725. The molecule has 0 saturated heterocycles. The van der Waals surface area contributed by atoms with Crippen LogP contribution >= 0.6 is 0 Å². The Balaban J connectivity index is 2.37. The predicted molar refractivity (Wildman–Crippen MR) is 71.0 cm³/mol. The fourth-order valence-electron chi connectivity index (χ4n) is 1.52. The van der Waals surface area contributed by atoms with Crippen molar-refractivity contribution < 1.29 is 17.9 Å². The summed E-state index contributed by atoms with van der Waals surface area (Å²) < 4.78 is 28.9. The lowest BCUT2D eigenvalue weighted by Crippen LogP contribution is -2.19. The zero-order valence-corrected chi connectivity index (χ0v) is 11.3. The number of ether oxygens (including phenoxy) is 1. The maximum atomic E-state index is 11.9. The van der Waals surface area contributed by atoms with Gasteiger partial charge in [-0.1, -0.05) is 0 Å². The number of carbonyl (C=O) groups excluding carboxylic acids is 1. The molecule has 0 atom stereocenters. The van der Waals surface area contributed by atoms with Gasteiger partial charge in [-0.15, -0.1) is 0 Å². The third-order valence-electron chi connectivity index (χ3n) is 2.48. The van der Waals surface area contributed by atoms with Crippen molar-refractivity contribution in [2.45, 2.75) is 4.90 Å². The van der Waals surface area contributed by atoms with Crippen LogP contribution in [-0.4, -0.2) is 31.1 Å². The highest BCUT2D eigenvalue weighted by atomic mass is 32.2. The first kappa shape index (κ1) is 14.0. The molecule has 8 nitrogen and oxygen atoms in total. The number of nitrogens with zero attached hydrogens (tertiary/aromatic N) is 2. The predicted octanol–water partition coefficient (Wildman–Crippen LogP) is 0.619. The van der Waals surface area contributed by atoms with E-state index in [0.717, 1.165) is 0 Å². The third-order valence-corrected chi connectivity index (χ3v) is 3.39. The number of amides is 1. The maximum absolute atomic E-state index is 11.9. The van der Waals surface area contributed by atoms with Gasteiger partial charge in [0.25, 0.3) is 0 Å². The van der Waals surface area contributed by atoms with Crippen molar-refractivity contribution in [3.63, 3.8) is 0 Å². The Morgan fingerprint density at radius 2 is 2.20 bits per heavy atom. The molecule has 0 bridgehead atoms. The molecule has 20 heavy (non-hydrogen) atoms. The van der Waals surface area contributed by atoms with E-state index in [1.54, 1.807) is 0 Å². The smallest absolute Gasteiger partial charge is 0.331 e. The van der Waals surface area contributed by atoms with Gasteiger partial charge < -0.3 is 10.1 Å². The highest BCUT2D eigenvalue weighted by Gasteiger charge is 2.14. The summed E-state index contributed by atoms with van der Waals surface area (Å²) in [5, 5.41) is 7.56. The van der Waals surface area contributed by atoms with Crippen molar-refractivity contribution >= 4 is 21.7 Å². The summed E-state index contributed by atoms with van der Waals surface area (Å²) in [7, 11) is -2.46. The molecule has 9 heteroatoms. The zero-order valence-electron chi connectivity index (χ0n) is 10.5. The lowest BCUT2D eigenvalue weighted by Gasteiger charge is -2.11. The van der Waals surface area contributed by atoms with Crippen molar-refractivity contribution in [2.24, 2.45) is 5.14 Å². The summed E-state index contributed by atoms with van der Waals surface area (Å²) >= 11 is 0. The number of anilines is 1. The number of imidazole rings is 1. The first-order chi connectivity index (χ1) is 9.41. The van der Waals surface area contributed by atoms with Gasteiger partial charge >= 0.3 is 6.03 Å². The number of benzene rings is 1. The minimum atomic E-state index is -3.87. The minimum absolute atomic E-state index is 0.126. The molecule has 0 unspecified atom stereocenters. The second-order valence-corrected chi connectivity index (χ2v) is 5.37. The first-order valence-electron chi connectivity index (χ1n) is 5.42. The Morgan fingerprint density at radius 3 is 2.75 bits per heavy atom. The van der Waals surface area contributed by atoms with Gasteiger partial charge in [-0.05, 0) is 18.2 Å². The van der Waals surface area contributed by atoms with Gasteiger partial charge in [-0.25, -0.2) is 23.3 Å². The SMILES string of the molecule is COc1ccc(S(N)(=O)=O)cc1NC(=O)n1ccnc1. The highest BCUT2D eigenvalue weighted by molar-refractivity contribution is 7.89. The van der Waals surface area contributed by atoms with Crippen LogP contribution in [0.2, 0.25) is 0 Å². The molecule has 0 saturated carbocycles. The second kappa shape index (κ2) is 5.31. The number of aromatic nitrogens is 2. The molecule has 0 spiro atoms. The normalized spacial score (nSPS) is 11.1. The van der Waals surface area contributed by atoms with Crippen molar-refractivity contribution in [1.82, 2.24) is 9.55 Å². The van der Waals surface area contributed by atoms with E-state index < -0.39 is 16.1 Å². The van der Waals surface area contributed by atoms with Crippen molar-refractivity contribution in [3.8, 4) is 5.75 Å². The van der Waals surface area contributed by atoms with Crippen LogP contribution in [0.15, 0.2) is 41.8 Å². The van der Waals surface area contributed by atoms with Crippen LogP contribution in [0.3, 0.4) is 0 Å². The summed E-state index contributed by atoms with van der Waals surface area (Å²) in [6, 6.07) is 3.42. The van der Waals surface area contributed by atoms with Crippen LogP contribution in [-0.2, 0) is 10.0 Å². The molecule has 2 aromatic rings. The Hall–Kier alpha value is -2.39. The molecular formula is C11H12N4O4S. The number of carbonyl (C=O) groups is 1. The number of nitrogens with one attached hydrogen (secondary N) is 1. The topological polar surface area (TPSA) is 116 Å². The Kier molecular flexibility index (Phi) is 3.72. The van der Waals surface area contributed by atoms with E-state index in [1.807, 2.05) is 0 Å².